The molecule has 2 rings (SSSR count). The van der Waals surface area contributed by atoms with Crippen molar-refractivity contribution >= 4 is 60.6 Å². The number of phenols is 1. The number of halogens is 2. The zero-order valence-corrected chi connectivity index (χ0v) is 17.0. The van der Waals surface area contributed by atoms with E-state index in [0.717, 1.165) is 10.6 Å². The molecule has 0 saturated carbocycles. The van der Waals surface area contributed by atoms with Crippen molar-refractivity contribution in [2.45, 2.75) is 4.83 Å². The predicted octanol–water partition coefficient (Wildman–Crippen LogP) is 5.46. The number of carbonyl (C=O) groups is 1. The van der Waals surface area contributed by atoms with Gasteiger partial charge in [0.25, 0.3) is 1.43 Å². The zero-order chi connectivity index (χ0) is 17.2. The summed E-state index contributed by atoms with van der Waals surface area (Å²) in [5.41, 5.74) is 1.42. The molecule has 2 aromatic rings. The fourth-order valence-electron chi connectivity index (χ4n) is 1.69. The van der Waals surface area contributed by atoms with Gasteiger partial charge in [-0.25, -0.2) is 0 Å². The van der Waals surface area contributed by atoms with Crippen LogP contribution in [0.2, 0.25) is 0 Å². The molecule has 0 aliphatic rings. The third-order valence-electron chi connectivity index (χ3n) is 2.78. The molecule has 0 aliphatic carbocycles. The number of aromatic hydroxyl groups is 1. The molecule has 0 bridgehead atoms. The number of phenolic OH excluding ortho intramolecular Hbond substituents is 1. The van der Waals surface area contributed by atoms with E-state index in [9.17, 15) is 4.79 Å². The number of Topliss-reactive ketones (excluding diaryl/α,β-unsaturated/α-hetero) is 1. The van der Waals surface area contributed by atoms with Crippen LogP contribution >= 0.6 is 43.0 Å². The second-order valence-corrected chi connectivity index (χ2v) is 9.11. The molecule has 22 heavy (non-hydrogen) atoms. The predicted molar refractivity (Wildman–Crippen MR) is 105 cm³/mol. The average Bonchev–Trinajstić information content (AvgIpc) is 2.61. The average molecular weight is 513 g/mol. The fraction of sp³-hybridized carbons (Fsp3) is 0.133. The second-order valence-electron chi connectivity index (χ2n) is 4.09. The van der Waals surface area contributed by atoms with E-state index < -0.39 is 4.83 Å². The van der Waals surface area contributed by atoms with Crippen LogP contribution in [0.15, 0.2) is 48.5 Å². The molecule has 116 valence electrons. The first kappa shape index (κ1) is 17.8. The van der Waals surface area contributed by atoms with Crippen LogP contribution in [0.5, 0.6) is 11.5 Å². The largest absolute Gasteiger partial charge is 0.508 e. The minimum Gasteiger partial charge on any atom is -0.508 e. The lowest BCUT2D eigenvalue weighted by Gasteiger charge is -2.10. The van der Waals surface area contributed by atoms with Gasteiger partial charge in [0.05, 0.1) is 7.11 Å². The van der Waals surface area contributed by atoms with Crippen LogP contribution < -0.4 is 4.74 Å². The summed E-state index contributed by atoms with van der Waals surface area (Å²) in [6.07, 6.45) is 0. The van der Waals surface area contributed by atoms with Crippen molar-refractivity contribution in [1.82, 2.24) is 0 Å². The zero-order valence-electron chi connectivity index (χ0n) is 12.5. The normalized spacial score (nSPS) is 11.7. The maximum atomic E-state index is 12.3. The molecule has 0 aliphatic heterocycles. The van der Waals surface area contributed by atoms with Gasteiger partial charge in [-0.05, 0) is 75.8 Å². The molecule has 0 saturated heterocycles. The molecule has 3 nitrogen and oxygen atoms in total. The molecule has 0 amide bonds. The fourth-order valence-corrected chi connectivity index (χ4v) is 2.26. The summed E-state index contributed by atoms with van der Waals surface area (Å²) in [5.74, 6) is 1.11. The van der Waals surface area contributed by atoms with E-state index in [1.807, 2.05) is 0 Å². The van der Waals surface area contributed by atoms with E-state index in [2.05, 4.69) is 54.9 Å². The molecule has 0 spiro atoms. The van der Waals surface area contributed by atoms with E-state index >= 15 is 0 Å². The number of hydrogen-bond acceptors (Lipinski definition) is 4. The lowest BCUT2D eigenvalue weighted by Crippen LogP contribution is -2.06. The lowest BCUT2D eigenvalue weighted by molar-refractivity contribution is 0.0991. The SMILES string of the molecule is S=PI.[3H]Oc1ccc(C(Br)C(=O)c2ccc(OC)cc2)cc1. The maximum Gasteiger partial charge on any atom is 0.293 e. The van der Waals surface area contributed by atoms with Crippen molar-refractivity contribution in [3.05, 3.63) is 59.7 Å². The van der Waals surface area contributed by atoms with Crippen molar-refractivity contribution in [2.24, 2.45) is 0 Å². The number of carbonyl (C=O) groups excluding carboxylic acids is 1. The highest BCUT2D eigenvalue weighted by Crippen LogP contribution is 2.28. The molecule has 1 N–H and O–H groups in total. The van der Waals surface area contributed by atoms with Gasteiger partial charge in [0.1, 0.15) is 16.3 Å². The summed E-state index contributed by atoms with van der Waals surface area (Å²) < 4.78 is 11.9. The highest BCUT2D eigenvalue weighted by Gasteiger charge is 2.18. The van der Waals surface area contributed by atoms with Crippen molar-refractivity contribution in [1.29, 1.82) is 1.43 Å². The Morgan fingerprint density at radius 2 is 1.86 bits per heavy atom. The topological polar surface area (TPSA) is 46.5 Å². The Balaban J connectivity index is 0.000000816. The Morgan fingerprint density at radius 3 is 2.32 bits per heavy atom. The van der Waals surface area contributed by atoms with Gasteiger partial charge in [-0.3, -0.25) is 4.79 Å². The van der Waals surface area contributed by atoms with E-state index in [1.165, 1.54) is 0 Å². The van der Waals surface area contributed by atoms with Crippen LogP contribution in [0, 0.1) is 0 Å². The van der Waals surface area contributed by atoms with Crippen molar-refractivity contribution in [2.75, 3.05) is 7.11 Å². The smallest absolute Gasteiger partial charge is 0.293 e. The summed E-state index contributed by atoms with van der Waals surface area (Å²) in [6.45, 7) is 0. The molecular weight excluding hydrogens is 498 g/mol. The summed E-state index contributed by atoms with van der Waals surface area (Å²) in [7, 11) is 1.58. The first-order valence-corrected chi connectivity index (χ1v) is 11.7. The lowest BCUT2D eigenvalue weighted by atomic mass is 10.0. The molecule has 0 aromatic heterocycles. The number of ketones is 1. The van der Waals surface area contributed by atoms with Gasteiger partial charge in [-0.2, -0.15) is 0 Å². The third-order valence-corrected chi connectivity index (χ3v) is 3.72. The number of benzene rings is 2. The van der Waals surface area contributed by atoms with E-state index in [1.54, 1.807) is 55.6 Å². The van der Waals surface area contributed by atoms with Crippen LogP contribution in [-0.2, 0) is 11.8 Å². The van der Waals surface area contributed by atoms with Crippen LogP contribution in [-0.4, -0.2) is 19.4 Å². The summed E-state index contributed by atoms with van der Waals surface area (Å²) in [6, 6.07) is 13.8. The third kappa shape index (κ3) is 5.91. The highest BCUT2D eigenvalue weighted by atomic mass is 127. The van der Waals surface area contributed by atoms with Gasteiger partial charge in [-0.1, -0.05) is 28.1 Å². The van der Waals surface area contributed by atoms with E-state index in [0.29, 0.717) is 17.1 Å². The van der Waals surface area contributed by atoms with Crippen molar-refractivity contribution in [3.8, 4) is 11.5 Å². The first-order chi connectivity index (χ1) is 11.1. The second kappa shape index (κ2) is 10.3. The van der Waals surface area contributed by atoms with Gasteiger partial charge >= 0.3 is 0 Å². The number of methoxy groups -OCH3 is 1. The molecule has 1 atom stereocenters. The minimum atomic E-state index is -0.435. The Morgan fingerprint density at radius 1 is 1.32 bits per heavy atom. The Hall–Kier alpha value is -0.560. The van der Waals surface area contributed by atoms with Gasteiger partial charge in [-0.15, -0.1) is 0 Å². The molecule has 0 heterocycles. The molecule has 1 unspecified atom stereocenters. The molecule has 7 heteroatoms. The molecule has 2 aromatic carbocycles. The molecule has 0 radical (unpaired) electrons. The molecule has 0 fully saturated rings. The van der Waals surface area contributed by atoms with Gasteiger partial charge < -0.3 is 9.85 Å². The molecular formula is C15H13BrIO3PS. The Labute approximate surface area is 159 Å². The summed E-state index contributed by atoms with van der Waals surface area (Å²) in [4.78, 5) is 12.9. The van der Waals surface area contributed by atoms with Crippen LogP contribution in [0.3, 0.4) is 0 Å². The van der Waals surface area contributed by atoms with Crippen LogP contribution in [0.25, 0.3) is 0 Å². The van der Waals surface area contributed by atoms with Crippen molar-refractivity contribution < 1.29 is 14.6 Å². The van der Waals surface area contributed by atoms with Gasteiger partial charge in [0.2, 0.25) is 0 Å². The Kier molecular flexibility index (Phi) is 8.30. The van der Waals surface area contributed by atoms with Crippen LogP contribution in [0.4, 0.5) is 0 Å². The van der Waals surface area contributed by atoms with Gasteiger partial charge in [0.15, 0.2) is 5.78 Å². The van der Waals surface area contributed by atoms with Gasteiger partial charge in [0, 0.05) is 10.6 Å². The van der Waals surface area contributed by atoms with E-state index in [4.69, 9.17) is 6.17 Å². The Bertz CT molecular complexity index is 640. The van der Waals surface area contributed by atoms with Crippen LogP contribution in [0.1, 0.15) is 20.7 Å². The number of ether oxygens (including phenoxy) is 1. The summed E-state index contributed by atoms with van der Waals surface area (Å²) in [5, 5.41) is 4.36. The van der Waals surface area contributed by atoms with E-state index in [-0.39, 0.29) is 5.78 Å². The monoisotopic (exact) mass is 512 g/mol. The first-order valence-electron chi connectivity index (χ1n) is 6.47. The quantitative estimate of drug-likeness (QED) is 0.250. The standard InChI is InChI=1S/C15H13BrO3.IPS/c1-19-13-8-4-11(5-9-13)15(18)14(16)10-2-6-12(17)7-3-10;1-2-3/h2-9,14,17H,1H3;/i/hT. The number of alkyl halides is 1. The highest BCUT2D eigenvalue weighted by molar-refractivity contribution is 14.2. The maximum absolute atomic E-state index is 12.3. The van der Waals surface area contributed by atoms with Crippen molar-refractivity contribution in [3.63, 3.8) is 0 Å². The summed E-state index contributed by atoms with van der Waals surface area (Å²) >= 11 is 9.83. The number of hydrogen-bond donors (Lipinski definition) is 1. The number of rotatable bonds is 5. The minimum absolute atomic E-state index is 0.0350.